The molecule has 0 saturated heterocycles. The molecule has 31 heavy (non-hydrogen) atoms. The van der Waals surface area contributed by atoms with Crippen molar-refractivity contribution in [2.45, 2.75) is 116 Å². The number of rotatable bonds is 24. The van der Waals surface area contributed by atoms with Gasteiger partial charge in [-0.3, -0.25) is 0 Å². The maximum absolute atomic E-state index is 12.1. The standard InChI is InChI=1S/C26H55N2O2S/c1-5-7-8-9-10-11-12-13-14-15-16-17-18-19-20-21-26-31(29,30)27-23-22-25-28(3,4)24-6-2/h6,27H,2,5,7-26H2,1,3-4H3/q+1. The zero-order valence-corrected chi connectivity index (χ0v) is 22.1. The molecule has 0 aliphatic heterocycles. The summed E-state index contributed by atoms with van der Waals surface area (Å²) < 4.78 is 27.8. The minimum absolute atomic E-state index is 0.274. The Morgan fingerprint density at radius 3 is 1.55 bits per heavy atom. The third-order valence-corrected chi connectivity index (χ3v) is 7.62. The molecule has 5 heteroatoms. The second-order valence-corrected chi connectivity index (χ2v) is 11.9. The highest BCUT2D eigenvalue weighted by molar-refractivity contribution is 7.89. The summed E-state index contributed by atoms with van der Waals surface area (Å²) in [6.45, 7) is 8.46. The summed E-state index contributed by atoms with van der Waals surface area (Å²) in [6.07, 6.45) is 23.7. The van der Waals surface area contributed by atoms with Gasteiger partial charge in [-0.15, -0.1) is 0 Å². The Kier molecular flexibility index (Phi) is 20.0. The Hall–Kier alpha value is -0.390. The second-order valence-electron chi connectivity index (χ2n) is 10.0. The van der Waals surface area contributed by atoms with Crippen molar-refractivity contribution in [1.82, 2.24) is 4.72 Å². The quantitative estimate of drug-likeness (QED) is 0.0977. The number of likely N-dealkylation sites (N-methyl/N-ethyl adjacent to an activating group) is 1. The van der Waals surface area contributed by atoms with Crippen LogP contribution in [0.15, 0.2) is 12.7 Å². The molecule has 0 spiro atoms. The van der Waals surface area contributed by atoms with E-state index in [0.29, 0.717) is 6.54 Å². The van der Waals surface area contributed by atoms with Gasteiger partial charge in [-0.2, -0.15) is 0 Å². The molecule has 0 unspecified atom stereocenters. The van der Waals surface area contributed by atoms with Crippen LogP contribution in [-0.4, -0.2) is 52.4 Å². The van der Waals surface area contributed by atoms with E-state index < -0.39 is 10.0 Å². The van der Waals surface area contributed by atoms with Crippen LogP contribution in [0, 0.1) is 0 Å². The molecule has 0 aromatic carbocycles. The van der Waals surface area contributed by atoms with Gasteiger partial charge in [-0.05, 0) is 12.5 Å². The van der Waals surface area contributed by atoms with E-state index in [4.69, 9.17) is 0 Å². The summed E-state index contributed by atoms with van der Waals surface area (Å²) in [5.41, 5.74) is 0. The van der Waals surface area contributed by atoms with Gasteiger partial charge in [0.05, 0.1) is 32.9 Å². The Balaban J connectivity index is 3.41. The first-order valence-electron chi connectivity index (χ1n) is 13.2. The summed E-state index contributed by atoms with van der Waals surface area (Å²) in [5.74, 6) is 0.274. The molecule has 1 N–H and O–H groups in total. The highest BCUT2D eigenvalue weighted by Gasteiger charge is 2.13. The van der Waals surface area contributed by atoms with Crippen LogP contribution in [0.1, 0.15) is 116 Å². The van der Waals surface area contributed by atoms with Gasteiger partial charge in [-0.1, -0.05) is 110 Å². The van der Waals surface area contributed by atoms with E-state index in [9.17, 15) is 8.42 Å². The molecular weight excluding hydrogens is 404 g/mol. The molecule has 0 aromatic heterocycles. The first-order valence-corrected chi connectivity index (χ1v) is 14.9. The third-order valence-electron chi connectivity index (χ3n) is 6.15. The Labute approximate surface area is 195 Å². The number of hydrogen-bond donors (Lipinski definition) is 1. The Morgan fingerprint density at radius 2 is 1.13 bits per heavy atom. The largest absolute Gasteiger partial charge is 0.325 e. The van der Waals surface area contributed by atoms with Gasteiger partial charge in [0, 0.05) is 13.0 Å². The van der Waals surface area contributed by atoms with Gasteiger partial charge in [0.2, 0.25) is 10.0 Å². The Morgan fingerprint density at radius 1 is 0.710 bits per heavy atom. The summed E-state index contributed by atoms with van der Waals surface area (Å²) in [5, 5.41) is 0. The van der Waals surface area contributed by atoms with Gasteiger partial charge < -0.3 is 4.48 Å². The zero-order valence-electron chi connectivity index (χ0n) is 21.3. The fraction of sp³-hybridized carbons (Fsp3) is 0.923. The van der Waals surface area contributed by atoms with Crippen molar-refractivity contribution < 1.29 is 12.9 Å². The molecule has 0 aliphatic carbocycles. The van der Waals surface area contributed by atoms with Crippen molar-refractivity contribution in [1.29, 1.82) is 0 Å². The van der Waals surface area contributed by atoms with Crippen molar-refractivity contribution in [2.75, 3.05) is 39.5 Å². The van der Waals surface area contributed by atoms with Gasteiger partial charge in [0.25, 0.3) is 0 Å². The molecule has 0 atom stereocenters. The number of hydrogen-bond acceptors (Lipinski definition) is 2. The van der Waals surface area contributed by atoms with Gasteiger partial charge in [0.1, 0.15) is 0 Å². The highest BCUT2D eigenvalue weighted by Crippen LogP contribution is 2.13. The molecule has 0 aliphatic rings. The van der Waals surface area contributed by atoms with Crippen LogP contribution in [0.2, 0.25) is 0 Å². The molecule has 0 aromatic rings. The minimum atomic E-state index is -3.11. The molecular formula is C26H55N2O2S+. The number of nitrogens with zero attached hydrogens (tertiary/aromatic N) is 1. The fourth-order valence-electron chi connectivity index (χ4n) is 4.09. The average Bonchev–Trinajstić information content (AvgIpc) is 2.71. The lowest BCUT2D eigenvalue weighted by molar-refractivity contribution is -0.884. The van der Waals surface area contributed by atoms with Crippen LogP contribution in [-0.2, 0) is 10.0 Å². The SMILES string of the molecule is C=CC[N+](C)(C)CCCNS(=O)(=O)CCCCCCCCCCCCCCCCCC. The smallest absolute Gasteiger partial charge is 0.211 e. The molecule has 0 rings (SSSR count). The number of quaternary nitrogens is 1. The topological polar surface area (TPSA) is 46.2 Å². The van der Waals surface area contributed by atoms with Crippen molar-refractivity contribution in [3.05, 3.63) is 12.7 Å². The number of unbranched alkanes of at least 4 members (excludes halogenated alkanes) is 15. The van der Waals surface area contributed by atoms with Crippen LogP contribution in [0.3, 0.4) is 0 Å². The van der Waals surface area contributed by atoms with Gasteiger partial charge in [-0.25, -0.2) is 13.1 Å². The minimum Gasteiger partial charge on any atom is -0.325 e. The van der Waals surface area contributed by atoms with E-state index in [2.05, 4.69) is 32.3 Å². The van der Waals surface area contributed by atoms with Crippen LogP contribution in [0.25, 0.3) is 0 Å². The molecule has 0 amide bonds. The van der Waals surface area contributed by atoms with E-state index in [1.54, 1.807) is 0 Å². The lowest BCUT2D eigenvalue weighted by Crippen LogP contribution is -2.41. The molecule has 0 saturated carbocycles. The van der Waals surface area contributed by atoms with Crippen molar-refractivity contribution in [2.24, 2.45) is 0 Å². The molecule has 4 nitrogen and oxygen atoms in total. The average molecular weight is 460 g/mol. The van der Waals surface area contributed by atoms with Crippen molar-refractivity contribution >= 4 is 10.0 Å². The Bertz CT molecular complexity index is 504. The van der Waals surface area contributed by atoms with Crippen molar-refractivity contribution in [3.8, 4) is 0 Å². The van der Waals surface area contributed by atoms with Crippen LogP contribution >= 0.6 is 0 Å². The summed E-state index contributed by atoms with van der Waals surface area (Å²) in [7, 11) is 1.18. The summed E-state index contributed by atoms with van der Waals surface area (Å²) in [6, 6.07) is 0. The zero-order chi connectivity index (χ0) is 23.3. The van der Waals surface area contributed by atoms with E-state index in [0.717, 1.165) is 36.8 Å². The predicted molar refractivity (Wildman–Crippen MR) is 138 cm³/mol. The third kappa shape index (κ3) is 22.6. The number of sulfonamides is 1. The molecule has 0 fully saturated rings. The summed E-state index contributed by atoms with van der Waals surface area (Å²) >= 11 is 0. The maximum atomic E-state index is 12.1. The van der Waals surface area contributed by atoms with Crippen LogP contribution < -0.4 is 4.72 Å². The van der Waals surface area contributed by atoms with Crippen LogP contribution in [0.4, 0.5) is 0 Å². The normalized spacial score (nSPS) is 12.4. The monoisotopic (exact) mass is 459 g/mol. The number of nitrogens with one attached hydrogen (secondary N) is 1. The first-order chi connectivity index (χ1) is 14.8. The molecule has 0 radical (unpaired) electrons. The lowest BCUT2D eigenvalue weighted by Gasteiger charge is -2.28. The summed E-state index contributed by atoms with van der Waals surface area (Å²) in [4.78, 5) is 0. The molecule has 0 bridgehead atoms. The van der Waals surface area contributed by atoms with E-state index in [1.165, 1.54) is 89.9 Å². The highest BCUT2D eigenvalue weighted by atomic mass is 32.2. The first kappa shape index (κ1) is 30.6. The van der Waals surface area contributed by atoms with Crippen LogP contribution in [0.5, 0.6) is 0 Å². The van der Waals surface area contributed by atoms with Crippen molar-refractivity contribution in [3.63, 3.8) is 0 Å². The lowest BCUT2D eigenvalue weighted by atomic mass is 10.0. The predicted octanol–water partition coefficient (Wildman–Crippen LogP) is 6.82. The van der Waals surface area contributed by atoms with E-state index in [-0.39, 0.29) is 5.75 Å². The maximum Gasteiger partial charge on any atom is 0.211 e. The molecule has 186 valence electrons. The fourth-order valence-corrected chi connectivity index (χ4v) is 5.27. The molecule has 0 heterocycles. The van der Waals surface area contributed by atoms with Gasteiger partial charge in [0.15, 0.2) is 0 Å². The van der Waals surface area contributed by atoms with E-state index in [1.807, 2.05) is 6.08 Å². The van der Waals surface area contributed by atoms with Gasteiger partial charge >= 0.3 is 0 Å². The second kappa shape index (κ2) is 20.2. The van der Waals surface area contributed by atoms with E-state index >= 15 is 0 Å².